The molecule has 15 nitrogen and oxygen atoms in total. The number of aryl methyl sites for hydroxylation is 2. The van der Waals surface area contributed by atoms with E-state index in [9.17, 15) is 27.6 Å². The maximum absolute atomic E-state index is 14.8. The largest absolute Gasteiger partial charge is 0.471 e. The number of thiophene rings is 1. The van der Waals surface area contributed by atoms with Crippen molar-refractivity contribution < 1.29 is 32.3 Å². The fraction of sp³-hybridized carbons (Fsp3) is 0.419. The molecule has 5 aromatic rings. The van der Waals surface area contributed by atoms with Crippen LogP contribution >= 0.6 is 11.3 Å². The summed E-state index contributed by atoms with van der Waals surface area (Å²) in [5, 5.41) is 10.6. The number of allylic oxidation sites excluding steroid dienone is 1. The molecule has 2 aromatic carbocycles. The summed E-state index contributed by atoms with van der Waals surface area (Å²) in [5.74, 6) is -2.61. The van der Waals surface area contributed by atoms with Crippen LogP contribution in [0.15, 0.2) is 72.8 Å². The third-order valence-corrected chi connectivity index (χ3v) is 14.9. The van der Waals surface area contributed by atoms with E-state index in [1.54, 1.807) is 29.1 Å². The number of nitrogens with one attached hydrogen (secondary N) is 3. The second-order valence-corrected chi connectivity index (χ2v) is 19.4. The van der Waals surface area contributed by atoms with Crippen LogP contribution < -0.4 is 20.1 Å². The highest BCUT2D eigenvalue weighted by Crippen LogP contribution is 2.46. The Kier molecular flexibility index (Phi) is 10.4. The van der Waals surface area contributed by atoms with Crippen molar-refractivity contribution in [1.82, 2.24) is 40.0 Å². The van der Waals surface area contributed by atoms with Crippen molar-refractivity contribution in [1.29, 1.82) is 0 Å². The van der Waals surface area contributed by atoms with E-state index < -0.39 is 68.5 Å². The predicted molar refractivity (Wildman–Crippen MR) is 225 cm³/mol. The van der Waals surface area contributed by atoms with E-state index in [-0.39, 0.29) is 31.0 Å². The van der Waals surface area contributed by atoms with Crippen molar-refractivity contribution >= 4 is 66.1 Å². The van der Waals surface area contributed by atoms with Crippen molar-refractivity contribution in [2.45, 2.75) is 93.7 Å². The van der Waals surface area contributed by atoms with Crippen LogP contribution in [-0.2, 0) is 31.5 Å². The van der Waals surface area contributed by atoms with Crippen LogP contribution in [0.5, 0.6) is 5.88 Å². The highest BCUT2D eigenvalue weighted by Gasteiger charge is 2.62. The molecule has 4 amide bonds. The average molecular weight is 851 g/mol. The summed E-state index contributed by atoms with van der Waals surface area (Å²) >= 11 is 1.55. The lowest BCUT2D eigenvalue weighted by molar-refractivity contribution is -0.141. The number of hydrogen-bond donors (Lipinski definition) is 3. The zero-order valence-electron chi connectivity index (χ0n) is 33.3. The predicted octanol–water partition coefficient (Wildman–Crippen LogP) is 4.70. The van der Waals surface area contributed by atoms with Crippen molar-refractivity contribution in [3.05, 3.63) is 84.2 Å². The van der Waals surface area contributed by atoms with Crippen molar-refractivity contribution in [3.63, 3.8) is 0 Å². The Hall–Kier alpha value is -5.68. The Bertz CT molecular complexity index is 2620. The number of aromatic nitrogens is 4. The molecule has 1 saturated heterocycles. The second-order valence-electron chi connectivity index (χ2n) is 16.3. The summed E-state index contributed by atoms with van der Waals surface area (Å²) in [6.07, 6.45) is 7.42. The van der Waals surface area contributed by atoms with Gasteiger partial charge in [-0.15, -0.1) is 11.3 Å². The molecular formula is C43H46N8O7S2. The minimum atomic E-state index is -3.91. The summed E-state index contributed by atoms with van der Waals surface area (Å²) in [7, 11) is -2.18. The molecule has 0 radical (unpaired) electrons. The number of sulfonamides is 1. The van der Waals surface area contributed by atoms with Gasteiger partial charge in [-0.1, -0.05) is 55.3 Å². The van der Waals surface area contributed by atoms with E-state index in [4.69, 9.17) is 14.7 Å². The molecule has 9 rings (SSSR count). The Labute approximate surface area is 351 Å². The summed E-state index contributed by atoms with van der Waals surface area (Å²) in [5.41, 5.74) is 1.21. The molecule has 4 aliphatic rings. The number of para-hydroxylation sites is 2. The number of carbonyl (C=O) groups excluding carboxylic acids is 4. The van der Waals surface area contributed by atoms with Gasteiger partial charge < -0.3 is 20.3 Å². The van der Waals surface area contributed by atoms with Gasteiger partial charge in [0.1, 0.15) is 35.1 Å². The van der Waals surface area contributed by atoms with E-state index in [1.165, 1.54) is 4.90 Å². The van der Waals surface area contributed by atoms with Gasteiger partial charge in [-0.2, -0.15) is 5.10 Å². The lowest BCUT2D eigenvalue weighted by Crippen LogP contribution is -2.58. The van der Waals surface area contributed by atoms with Crippen LogP contribution in [0.4, 0.5) is 0 Å². The zero-order valence-corrected chi connectivity index (χ0v) is 34.9. The molecule has 17 heteroatoms. The SMILES string of the molecule is Cc1cc(C(=O)N[C@H]2CCCCC/C=C\[C@@H]3C[C@@]3(C(=O)NS(=O)(=O)C3CC3)NC(=O)[C@@H]3C[C@@H](Oc4nc5ccccc5nc4-c4cc5ccccc5s4)CN3C2=O)nn1C. The Morgan fingerprint density at radius 3 is 2.50 bits per heavy atom. The minimum Gasteiger partial charge on any atom is -0.471 e. The zero-order chi connectivity index (χ0) is 41.8. The minimum absolute atomic E-state index is 0.0244. The van der Waals surface area contributed by atoms with Crippen molar-refractivity contribution in [3.8, 4) is 16.5 Å². The number of hydrogen-bond acceptors (Lipinski definition) is 11. The molecule has 2 saturated carbocycles. The average Bonchev–Trinajstić information content (AvgIpc) is 4.07. The van der Waals surface area contributed by atoms with Gasteiger partial charge in [0.2, 0.25) is 27.7 Å². The van der Waals surface area contributed by atoms with Crippen molar-refractivity contribution in [2.75, 3.05) is 6.54 Å². The van der Waals surface area contributed by atoms with Gasteiger partial charge in [-0.25, -0.2) is 18.4 Å². The van der Waals surface area contributed by atoms with Gasteiger partial charge in [-0.05, 0) is 81.2 Å². The van der Waals surface area contributed by atoms with Gasteiger partial charge in [0.15, 0.2) is 0 Å². The second kappa shape index (κ2) is 15.7. The third-order valence-electron chi connectivity index (χ3n) is 12.0. The highest BCUT2D eigenvalue weighted by molar-refractivity contribution is 7.91. The molecule has 3 N–H and O–H groups in total. The number of benzene rings is 2. The van der Waals surface area contributed by atoms with E-state index in [2.05, 4.69) is 20.5 Å². The van der Waals surface area contributed by atoms with Crippen LogP contribution in [0, 0.1) is 12.8 Å². The first-order valence-electron chi connectivity index (χ1n) is 20.5. The van der Waals surface area contributed by atoms with Crippen LogP contribution in [0.25, 0.3) is 31.7 Å². The topological polar surface area (TPSA) is 195 Å². The van der Waals surface area contributed by atoms with Gasteiger partial charge in [0.25, 0.3) is 11.8 Å². The molecule has 0 bridgehead atoms. The monoisotopic (exact) mass is 850 g/mol. The molecule has 312 valence electrons. The number of amides is 4. The smallest absolute Gasteiger partial charge is 0.272 e. The van der Waals surface area contributed by atoms with Crippen LogP contribution in [0.3, 0.4) is 0 Å². The van der Waals surface area contributed by atoms with Gasteiger partial charge >= 0.3 is 0 Å². The number of ether oxygens (including phenoxy) is 1. The summed E-state index contributed by atoms with van der Waals surface area (Å²) < 4.78 is 37.5. The van der Waals surface area contributed by atoms with Gasteiger partial charge in [-0.3, -0.25) is 28.6 Å². The Balaban J connectivity index is 1.06. The van der Waals surface area contributed by atoms with E-state index >= 15 is 0 Å². The van der Waals surface area contributed by atoms with Crippen LogP contribution in [0.1, 0.15) is 74.0 Å². The van der Waals surface area contributed by atoms with E-state index in [1.807, 2.05) is 73.7 Å². The lowest BCUT2D eigenvalue weighted by atomic mass is 10.0. The molecule has 3 fully saturated rings. The lowest BCUT2D eigenvalue weighted by Gasteiger charge is -2.29. The molecule has 3 aromatic heterocycles. The maximum atomic E-state index is 14.8. The standard InChI is InChI=1S/C43H46N8O7S2/c1-25-20-33(48-50(25)2)38(52)45-32-16-7-5-3-4-6-13-27-23-43(27,42(55)49-60(56,57)29-18-19-29)47-39(53)34-22-28(24-51(34)41(32)54)58-40-37(44-30-14-9-10-15-31(30)46-40)36-21-26-12-8-11-17-35(26)59-36/h6,8-15,17,20-21,27-29,32,34H,3-5,7,16,18-19,22-24H2,1-2H3,(H,45,52)(H,47,53)(H,49,55)/b13-6-/t27-,28-,32+,34+,43-/m1/s1. The maximum Gasteiger partial charge on any atom is 0.272 e. The number of carbonyl (C=O) groups is 4. The Morgan fingerprint density at radius 2 is 1.75 bits per heavy atom. The molecule has 0 unspecified atom stereocenters. The molecule has 0 spiro atoms. The highest BCUT2D eigenvalue weighted by atomic mass is 32.2. The molecule has 2 aliphatic heterocycles. The normalized spacial score (nSPS) is 25.4. The number of nitrogens with zero attached hydrogens (tertiary/aromatic N) is 5. The molecule has 5 atom stereocenters. The summed E-state index contributed by atoms with van der Waals surface area (Å²) in [4.78, 5) is 69.1. The molecule has 5 heterocycles. The summed E-state index contributed by atoms with van der Waals surface area (Å²) in [6, 6.07) is 17.0. The van der Waals surface area contributed by atoms with E-state index in [0.717, 1.165) is 33.5 Å². The molecule has 2 aliphatic carbocycles. The van der Waals surface area contributed by atoms with Crippen molar-refractivity contribution in [2.24, 2.45) is 13.0 Å². The molecule has 60 heavy (non-hydrogen) atoms. The quantitative estimate of drug-likeness (QED) is 0.184. The van der Waals surface area contributed by atoms with Crippen LogP contribution in [0.2, 0.25) is 0 Å². The first kappa shape index (κ1) is 39.8. The fourth-order valence-corrected chi connectivity index (χ4v) is 10.6. The number of rotatable bonds is 8. The van der Waals surface area contributed by atoms with E-state index in [0.29, 0.717) is 48.8 Å². The first-order valence-corrected chi connectivity index (χ1v) is 22.8. The van der Waals surface area contributed by atoms with Crippen LogP contribution in [-0.4, -0.2) is 92.2 Å². The fourth-order valence-electron chi connectivity index (χ4n) is 8.23. The molecular weight excluding hydrogens is 805 g/mol. The van der Waals surface area contributed by atoms with Gasteiger partial charge in [0.05, 0.1) is 27.7 Å². The Morgan fingerprint density at radius 1 is 0.983 bits per heavy atom. The third kappa shape index (κ3) is 7.87. The first-order chi connectivity index (χ1) is 28.9. The summed E-state index contributed by atoms with van der Waals surface area (Å²) in [6.45, 7) is 1.79. The number of fused-ring (bicyclic) bond motifs is 4. The van der Waals surface area contributed by atoms with Gasteiger partial charge in [0, 0.05) is 29.8 Å².